The van der Waals surface area contributed by atoms with E-state index in [-0.39, 0.29) is 30.2 Å². The quantitative estimate of drug-likeness (QED) is 0.294. The molecule has 0 unspecified atom stereocenters. The summed E-state index contributed by atoms with van der Waals surface area (Å²) in [7, 11) is 0. The normalized spacial score (nSPS) is 13.0. The maximum absolute atomic E-state index is 3.22. The molecule has 0 nitrogen and oxygen atoms in total. The fraction of sp³-hybridized carbons (Fsp3) is 0.600. The SMILES string of the molecule is CCCCCCCCC1=CC[C-]=C1.C[Si](C)=[Zr+2].[C-]1=CC=CC1.[Cl-].[Cl-]. The second kappa shape index (κ2) is 23.6. The average Bonchev–Trinajstić information content (AvgIpc) is 3.17. The van der Waals surface area contributed by atoms with Gasteiger partial charge in [-0.15, -0.1) is 12.8 Å². The van der Waals surface area contributed by atoms with Gasteiger partial charge in [-0.2, -0.15) is 12.2 Å². The summed E-state index contributed by atoms with van der Waals surface area (Å²) in [4.78, 5) is 0. The standard InChI is InChI=1S/C13H21.C5H5.C2H6Si.2ClH.Zr/c1-2-3-4-5-6-7-10-13-11-8-9-12-13;1-2-4-5-3-1;1-3-2;;;/h11-12H,2-8,10H2,1H3;1-3H,4H2;1-2H3;2*1H;/q2*-1;;;;+2/p-2. The van der Waals surface area contributed by atoms with E-state index in [0.29, 0.717) is 0 Å². The smallest absolute Gasteiger partial charge is 0.109 e. The molecule has 0 amide bonds. The van der Waals surface area contributed by atoms with Crippen LogP contribution in [0.4, 0.5) is 0 Å². The van der Waals surface area contributed by atoms with Crippen molar-refractivity contribution in [3.63, 3.8) is 0 Å². The van der Waals surface area contributed by atoms with Gasteiger partial charge in [0, 0.05) is 0 Å². The first kappa shape index (κ1) is 29.4. The third-order valence-electron chi connectivity index (χ3n) is 3.17. The summed E-state index contributed by atoms with van der Waals surface area (Å²) in [6.45, 7) is 6.88. The second-order valence-electron chi connectivity index (χ2n) is 5.85. The summed E-state index contributed by atoms with van der Waals surface area (Å²) in [5.74, 6) is 0. The van der Waals surface area contributed by atoms with Crippen molar-refractivity contribution in [1.29, 1.82) is 0 Å². The first-order valence-electron chi connectivity index (χ1n) is 8.66. The summed E-state index contributed by atoms with van der Waals surface area (Å²) in [6.07, 6.45) is 28.4. The minimum Gasteiger partial charge on any atom is -1.00 e. The Hall–Kier alpha value is 0.640. The van der Waals surface area contributed by atoms with Crippen molar-refractivity contribution in [2.24, 2.45) is 0 Å². The zero-order chi connectivity index (χ0) is 16.5. The van der Waals surface area contributed by atoms with E-state index in [1.807, 2.05) is 12.2 Å². The Morgan fingerprint density at radius 3 is 2.04 bits per heavy atom. The van der Waals surface area contributed by atoms with E-state index >= 15 is 0 Å². The van der Waals surface area contributed by atoms with Gasteiger partial charge in [-0.25, -0.2) is 23.8 Å². The molecule has 0 bridgehead atoms. The second-order valence-corrected chi connectivity index (χ2v) is 15.2. The van der Waals surface area contributed by atoms with E-state index in [4.69, 9.17) is 0 Å². The largest absolute Gasteiger partial charge is 1.00 e. The van der Waals surface area contributed by atoms with Crippen LogP contribution in [-0.2, 0) is 23.3 Å². The summed E-state index contributed by atoms with van der Waals surface area (Å²) >= 11 is 1.74. The van der Waals surface area contributed by atoms with Gasteiger partial charge >= 0.3 is 41.9 Å². The molecule has 0 saturated heterocycles. The van der Waals surface area contributed by atoms with Crippen molar-refractivity contribution in [1.82, 2.24) is 0 Å². The average molecular weight is 463 g/mol. The minimum atomic E-state index is 0. The first-order chi connectivity index (χ1) is 10.7. The summed E-state index contributed by atoms with van der Waals surface area (Å²) in [5.41, 5.74) is 1.72. The van der Waals surface area contributed by atoms with Crippen molar-refractivity contribution in [2.45, 2.75) is 77.8 Å². The van der Waals surface area contributed by atoms with Gasteiger partial charge in [-0.1, -0.05) is 51.9 Å². The zero-order valence-electron chi connectivity index (χ0n) is 15.5. The molecular weight excluding hydrogens is 430 g/mol. The van der Waals surface area contributed by atoms with E-state index in [1.165, 1.54) is 50.5 Å². The van der Waals surface area contributed by atoms with Gasteiger partial charge in [-0.3, -0.25) is 12.2 Å². The van der Waals surface area contributed by atoms with E-state index in [1.54, 1.807) is 23.3 Å². The van der Waals surface area contributed by atoms with E-state index in [2.05, 4.69) is 50.4 Å². The number of unbranched alkanes of at least 4 members (excludes halogenated alkanes) is 5. The molecule has 0 aromatic heterocycles. The third-order valence-corrected chi connectivity index (χ3v) is 3.17. The van der Waals surface area contributed by atoms with Crippen molar-refractivity contribution >= 4 is 5.43 Å². The number of allylic oxidation sites excluding steroid dienone is 8. The minimum absolute atomic E-state index is 0. The molecule has 2 rings (SSSR count). The molecule has 2 aliphatic carbocycles. The number of hydrogen-bond donors (Lipinski definition) is 0. The Bertz CT molecular complexity index is 384. The number of rotatable bonds is 7. The molecule has 0 heterocycles. The molecular formula is C20H32Cl2SiZr-2. The van der Waals surface area contributed by atoms with E-state index in [9.17, 15) is 0 Å². The van der Waals surface area contributed by atoms with Gasteiger partial charge in [-0.05, 0) is 0 Å². The van der Waals surface area contributed by atoms with E-state index in [0.717, 1.165) is 12.8 Å². The van der Waals surface area contributed by atoms with Crippen LogP contribution in [0, 0.1) is 12.2 Å². The van der Waals surface area contributed by atoms with Gasteiger partial charge in [0.15, 0.2) is 0 Å². The Kier molecular flexibility index (Phi) is 29.0. The van der Waals surface area contributed by atoms with Gasteiger partial charge in [0.1, 0.15) is 0 Å². The maximum Gasteiger partial charge on any atom is -0.109 e. The summed E-state index contributed by atoms with van der Waals surface area (Å²) in [6, 6.07) is 0. The monoisotopic (exact) mass is 460 g/mol. The van der Waals surface area contributed by atoms with Crippen molar-refractivity contribution in [2.75, 3.05) is 0 Å². The molecule has 0 aromatic carbocycles. The topological polar surface area (TPSA) is 0 Å². The third kappa shape index (κ3) is 24.9. The first-order valence-corrected chi connectivity index (χ1v) is 14.8. The molecule has 2 aliphatic rings. The molecule has 0 N–H and O–H groups in total. The van der Waals surface area contributed by atoms with Crippen LogP contribution in [0.15, 0.2) is 36.0 Å². The molecule has 0 aromatic rings. The summed E-state index contributed by atoms with van der Waals surface area (Å²) < 4.78 is 0. The fourth-order valence-corrected chi connectivity index (χ4v) is 2.06. The number of hydrogen-bond acceptors (Lipinski definition) is 0. The summed E-state index contributed by atoms with van der Waals surface area (Å²) in [5, 5.41) is 0. The van der Waals surface area contributed by atoms with Crippen LogP contribution in [0.25, 0.3) is 0 Å². The van der Waals surface area contributed by atoms with Gasteiger partial charge in [0.05, 0.1) is 0 Å². The van der Waals surface area contributed by atoms with Crippen molar-refractivity contribution in [3.05, 3.63) is 48.1 Å². The fourth-order valence-electron chi connectivity index (χ4n) is 2.06. The number of halogens is 2. The van der Waals surface area contributed by atoms with Crippen molar-refractivity contribution < 1.29 is 48.1 Å². The Morgan fingerprint density at radius 1 is 1.00 bits per heavy atom. The van der Waals surface area contributed by atoms with Crippen LogP contribution in [0.2, 0.25) is 13.1 Å². The van der Waals surface area contributed by atoms with Crippen LogP contribution in [-0.4, -0.2) is 5.43 Å². The van der Waals surface area contributed by atoms with Crippen LogP contribution < -0.4 is 24.8 Å². The molecule has 24 heavy (non-hydrogen) atoms. The van der Waals surface area contributed by atoms with Crippen molar-refractivity contribution in [3.8, 4) is 0 Å². The van der Waals surface area contributed by atoms with E-state index < -0.39 is 0 Å². The van der Waals surface area contributed by atoms with Gasteiger partial charge in [0.2, 0.25) is 0 Å². The Balaban J connectivity index is -0.000000335. The predicted octanol–water partition coefficient (Wildman–Crippen LogP) is 0.524. The van der Waals surface area contributed by atoms with Gasteiger partial charge in [0.25, 0.3) is 0 Å². The molecule has 0 saturated carbocycles. The maximum atomic E-state index is 3.22. The molecule has 0 radical (unpaired) electrons. The Morgan fingerprint density at radius 2 is 1.62 bits per heavy atom. The van der Waals surface area contributed by atoms with Crippen LogP contribution in [0.3, 0.4) is 0 Å². The molecule has 0 fully saturated rings. The molecule has 136 valence electrons. The molecule has 0 spiro atoms. The molecule has 0 atom stereocenters. The van der Waals surface area contributed by atoms with Gasteiger partial charge < -0.3 is 24.8 Å². The van der Waals surface area contributed by atoms with Crippen LogP contribution in [0.1, 0.15) is 64.7 Å². The van der Waals surface area contributed by atoms with Crippen LogP contribution in [0.5, 0.6) is 0 Å². The predicted molar refractivity (Wildman–Crippen MR) is 97.6 cm³/mol. The van der Waals surface area contributed by atoms with Crippen LogP contribution >= 0.6 is 0 Å². The Labute approximate surface area is 178 Å². The molecule has 4 heteroatoms. The molecule has 0 aliphatic heterocycles. The zero-order valence-corrected chi connectivity index (χ0v) is 20.5.